The first-order chi connectivity index (χ1) is 6.29. The third-order valence-corrected chi connectivity index (χ3v) is 1.85. The Morgan fingerprint density at radius 3 is 2.14 bits per heavy atom. The molecule has 0 aromatic heterocycles. The molecule has 0 radical (unpaired) electrons. The van der Waals surface area contributed by atoms with E-state index < -0.39 is 30.3 Å². The lowest BCUT2D eigenvalue weighted by molar-refractivity contribution is -0.146. The maximum absolute atomic E-state index is 12.7. The van der Waals surface area contributed by atoms with Crippen molar-refractivity contribution in [2.45, 2.75) is 46.0 Å². The number of alkyl halides is 2. The predicted octanol–water partition coefficient (Wildman–Crippen LogP) is 2.61. The average Bonchev–Trinajstić information content (AvgIpc) is 2.02. The number of rotatable bonds is 6. The predicted molar refractivity (Wildman–Crippen MR) is 49.3 cm³/mol. The van der Waals surface area contributed by atoms with Crippen molar-refractivity contribution >= 4 is 11.6 Å². The van der Waals surface area contributed by atoms with Crippen LogP contribution in [0, 0.1) is 5.92 Å². The number of carbonyl (C=O) groups is 2. The first-order valence-electron chi connectivity index (χ1n) is 4.72. The first-order valence-corrected chi connectivity index (χ1v) is 4.72. The molecule has 0 aromatic carbocycles. The van der Waals surface area contributed by atoms with E-state index in [9.17, 15) is 18.4 Å². The number of carbonyl (C=O) groups excluding carboxylic acids is 2. The molecular weight excluding hydrogens is 190 g/mol. The molecule has 0 heterocycles. The summed E-state index contributed by atoms with van der Waals surface area (Å²) in [6.07, 6.45) is -0.995. The molecule has 2 nitrogen and oxygen atoms in total. The largest absolute Gasteiger partial charge is 0.305 e. The van der Waals surface area contributed by atoms with Crippen molar-refractivity contribution in [3.05, 3.63) is 0 Å². The summed E-state index contributed by atoms with van der Waals surface area (Å²) in [7, 11) is 0. The fourth-order valence-corrected chi connectivity index (χ4v) is 1.03. The molecule has 0 saturated carbocycles. The average molecular weight is 206 g/mol. The van der Waals surface area contributed by atoms with Gasteiger partial charge >= 0.3 is 5.92 Å². The van der Waals surface area contributed by atoms with Gasteiger partial charge < -0.3 is 0 Å². The number of Topliss-reactive ketones (excluding diaryl/α,β-unsaturated/α-hetero) is 2. The van der Waals surface area contributed by atoms with Gasteiger partial charge in [-0.3, -0.25) is 9.59 Å². The molecule has 82 valence electrons. The van der Waals surface area contributed by atoms with E-state index in [1.807, 2.05) is 0 Å². The van der Waals surface area contributed by atoms with Gasteiger partial charge in [0.2, 0.25) is 5.78 Å². The van der Waals surface area contributed by atoms with Crippen LogP contribution in [0.5, 0.6) is 0 Å². The van der Waals surface area contributed by atoms with Gasteiger partial charge in [-0.2, -0.15) is 8.78 Å². The van der Waals surface area contributed by atoms with Crippen LogP contribution in [0.3, 0.4) is 0 Å². The second-order valence-electron chi connectivity index (χ2n) is 3.79. The SMILES string of the molecule is CCC(F)(F)C(=O)CC(=O)CC(C)C. The molecule has 0 aliphatic heterocycles. The molecule has 4 heteroatoms. The van der Waals surface area contributed by atoms with Crippen LogP contribution in [-0.4, -0.2) is 17.5 Å². The van der Waals surface area contributed by atoms with Crippen LogP contribution >= 0.6 is 0 Å². The Labute approximate surface area is 82.7 Å². The van der Waals surface area contributed by atoms with Crippen molar-refractivity contribution in [1.82, 2.24) is 0 Å². The van der Waals surface area contributed by atoms with Crippen LogP contribution in [-0.2, 0) is 9.59 Å². The molecule has 0 spiro atoms. The topological polar surface area (TPSA) is 34.1 Å². The lowest BCUT2D eigenvalue weighted by atomic mass is 10.0. The van der Waals surface area contributed by atoms with Gasteiger partial charge in [-0.05, 0) is 5.92 Å². The second-order valence-corrected chi connectivity index (χ2v) is 3.79. The highest BCUT2D eigenvalue weighted by molar-refractivity contribution is 6.02. The Hall–Kier alpha value is -0.800. The van der Waals surface area contributed by atoms with Crippen molar-refractivity contribution in [2.24, 2.45) is 5.92 Å². The molecule has 0 unspecified atom stereocenters. The van der Waals surface area contributed by atoms with Crippen LogP contribution in [0.15, 0.2) is 0 Å². The summed E-state index contributed by atoms with van der Waals surface area (Å²) < 4.78 is 25.5. The maximum atomic E-state index is 12.7. The van der Waals surface area contributed by atoms with Crippen molar-refractivity contribution < 1.29 is 18.4 Å². The van der Waals surface area contributed by atoms with Gasteiger partial charge in [0.15, 0.2) is 0 Å². The van der Waals surface area contributed by atoms with Crippen molar-refractivity contribution in [3.63, 3.8) is 0 Å². The van der Waals surface area contributed by atoms with Gasteiger partial charge in [0.25, 0.3) is 0 Å². The minimum atomic E-state index is -3.34. The van der Waals surface area contributed by atoms with Crippen LogP contribution in [0.1, 0.15) is 40.0 Å². The summed E-state index contributed by atoms with van der Waals surface area (Å²) in [4.78, 5) is 22.0. The summed E-state index contributed by atoms with van der Waals surface area (Å²) in [5.74, 6) is -4.90. The van der Waals surface area contributed by atoms with Gasteiger partial charge in [0, 0.05) is 12.8 Å². The Balaban J connectivity index is 4.13. The highest BCUT2D eigenvalue weighted by atomic mass is 19.3. The van der Waals surface area contributed by atoms with E-state index in [0.717, 1.165) is 0 Å². The number of halogens is 2. The molecule has 0 atom stereocenters. The molecule has 0 fully saturated rings. The van der Waals surface area contributed by atoms with E-state index in [4.69, 9.17) is 0 Å². The van der Waals surface area contributed by atoms with E-state index in [0.29, 0.717) is 0 Å². The Kier molecular flexibility index (Phi) is 4.88. The summed E-state index contributed by atoms with van der Waals surface area (Å²) in [5, 5.41) is 0. The minimum absolute atomic E-state index is 0.102. The van der Waals surface area contributed by atoms with Crippen LogP contribution in [0.4, 0.5) is 8.78 Å². The molecule has 0 aliphatic carbocycles. The zero-order valence-corrected chi connectivity index (χ0v) is 8.77. The van der Waals surface area contributed by atoms with E-state index in [2.05, 4.69) is 0 Å². The van der Waals surface area contributed by atoms with Gasteiger partial charge in [-0.25, -0.2) is 0 Å². The molecule has 0 rings (SSSR count). The van der Waals surface area contributed by atoms with Crippen molar-refractivity contribution in [2.75, 3.05) is 0 Å². The lowest BCUT2D eigenvalue weighted by Crippen LogP contribution is -2.29. The lowest BCUT2D eigenvalue weighted by Gasteiger charge is -2.12. The molecular formula is C10H16F2O2. The zero-order chi connectivity index (χ0) is 11.4. The summed E-state index contributed by atoms with van der Waals surface area (Å²) in [6.45, 7) is 4.84. The van der Waals surface area contributed by atoms with Gasteiger partial charge in [-0.1, -0.05) is 20.8 Å². The summed E-state index contributed by atoms with van der Waals surface area (Å²) >= 11 is 0. The van der Waals surface area contributed by atoms with Gasteiger partial charge in [0.1, 0.15) is 5.78 Å². The van der Waals surface area contributed by atoms with E-state index in [1.165, 1.54) is 6.92 Å². The standard InChI is InChI=1S/C10H16F2O2/c1-4-10(11,12)9(14)6-8(13)5-7(2)3/h7H,4-6H2,1-3H3. The fourth-order valence-electron chi connectivity index (χ4n) is 1.03. The smallest absolute Gasteiger partial charge is 0.299 e. The van der Waals surface area contributed by atoms with Crippen LogP contribution in [0.2, 0.25) is 0 Å². The first kappa shape index (κ1) is 13.2. The van der Waals surface area contributed by atoms with Crippen molar-refractivity contribution in [3.8, 4) is 0 Å². The minimum Gasteiger partial charge on any atom is -0.299 e. The zero-order valence-electron chi connectivity index (χ0n) is 8.77. The van der Waals surface area contributed by atoms with Gasteiger partial charge in [-0.15, -0.1) is 0 Å². The molecule has 0 saturated heterocycles. The quantitative estimate of drug-likeness (QED) is 0.626. The third-order valence-electron chi connectivity index (χ3n) is 1.85. The Morgan fingerprint density at radius 1 is 1.29 bits per heavy atom. The molecule has 0 aliphatic rings. The maximum Gasteiger partial charge on any atom is 0.305 e. The van der Waals surface area contributed by atoms with E-state index in [-0.39, 0.29) is 12.3 Å². The summed E-state index contributed by atoms with van der Waals surface area (Å²) in [6, 6.07) is 0. The molecule has 14 heavy (non-hydrogen) atoms. The molecule has 0 aromatic rings. The number of ketones is 2. The number of hydrogen-bond acceptors (Lipinski definition) is 2. The fraction of sp³-hybridized carbons (Fsp3) is 0.800. The highest BCUT2D eigenvalue weighted by Gasteiger charge is 2.36. The second kappa shape index (κ2) is 5.17. The molecule has 0 N–H and O–H groups in total. The molecule has 0 bridgehead atoms. The van der Waals surface area contributed by atoms with Crippen LogP contribution in [0.25, 0.3) is 0 Å². The van der Waals surface area contributed by atoms with E-state index in [1.54, 1.807) is 13.8 Å². The monoisotopic (exact) mass is 206 g/mol. The van der Waals surface area contributed by atoms with Gasteiger partial charge in [0.05, 0.1) is 6.42 Å². The highest BCUT2D eigenvalue weighted by Crippen LogP contribution is 2.21. The summed E-state index contributed by atoms with van der Waals surface area (Å²) in [5.41, 5.74) is 0. The van der Waals surface area contributed by atoms with Crippen molar-refractivity contribution in [1.29, 1.82) is 0 Å². The van der Waals surface area contributed by atoms with Crippen LogP contribution < -0.4 is 0 Å². The normalized spacial score (nSPS) is 11.9. The third kappa shape index (κ3) is 4.44. The van der Waals surface area contributed by atoms with E-state index >= 15 is 0 Å². The Bertz CT molecular complexity index is 222. The number of hydrogen-bond donors (Lipinski definition) is 0. The Morgan fingerprint density at radius 2 is 1.79 bits per heavy atom. The molecule has 0 amide bonds.